The number of hydrogen-bond donors (Lipinski definition) is 0. The molecule has 126 valence electrons. The van der Waals surface area contributed by atoms with Crippen LogP contribution < -0.4 is 0 Å². The molecule has 0 spiro atoms. The Morgan fingerprint density at radius 1 is 1.21 bits per heavy atom. The Labute approximate surface area is 147 Å². The maximum atomic E-state index is 13.2. The molecule has 2 aliphatic rings. The number of fused-ring (bicyclic) bond motifs is 2. The van der Waals surface area contributed by atoms with Crippen molar-refractivity contribution < 1.29 is 8.42 Å². The van der Waals surface area contributed by atoms with Crippen molar-refractivity contribution in [1.82, 2.24) is 9.29 Å². The van der Waals surface area contributed by atoms with Gasteiger partial charge in [-0.1, -0.05) is 23.8 Å². The van der Waals surface area contributed by atoms with Gasteiger partial charge >= 0.3 is 0 Å². The Hall–Kier alpha value is -1.43. The topological polar surface area (TPSA) is 50.3 Å². The van der Waals surface area contributed by atoms with Gasteiger partial charge in [0, 0.05) is 24.5 Å². The molecule has 3 atom stereocenters. The molecule has 2 aromatic rings. The summed E-state index contributed by atoms with van der Waals surface area (Å²) >= 11 is 6.96. The Kier molecular flexibility index (Phi) is 3.71. The highest BCUT2D eigenvalue weighted by atomic mass is 35.5. The van der Waals surface area contributed by atoms with Crippen molar-refractivity contribution in [3.8, 4) is 0 Å². The van der Waals surface area contributed by atoms with E-state index in [9.17, 15) is 8.42 Å². The molecule has 2 fully saturated rings. The zero-order valence-electron chi connectivity index (χ0n) is 13.4. The normalized spacial score (nSPS) is 29.9. The van der Waals surface area contributed by atoms with E-state index >= 15 is 0 Å². The molecule has 1 aromatic carbocycles. The minimum Gasteiger partial charge on any atom is -0.264 e. The molecule has 1 aromatic heterocycles. The van der Waals surface area contributed by atoms with Crippen molar-refractivity contribution in [2.45, 2.75) is 48.0 Å². The van der Waals surface area contributed by atoms with Gasteiger partial charge in [-0.2, -0.15) is 4.31 Å². The van der Waals surface area contributed by atoms with Crippen molar-refractivity contribution >= 4 is 21.6 Å². The van der Waals surface area contributed by atoms with Gasteiger partial charge < -0.3 is 0 Å². The fourth-order valence-corrected chi connectivity index (χ4v) is 6.55. The zero-order chi connectivity index (χ0) is 16.9. The Bertz CT molecular complexity index is 854. The highest BCUT2D eigenvalue weighted by molar-refractivity contribution is 7.89. The van der Waals surface area contributed by atoms with Crippen LogP contribution in [-0.2, 0) is 14.9 Å². The summed E-state index contributed by atoms with van der Waals surface area (Å²) in [5, 5.41) is 0. The summed E-state index contributed by atoms with van der Waals surface area (Å²) in [6, 6.07) is 10.6. The predicted octanol–water partition coefficient (Wildman–Crippen LogP) is 3.45. The molecule has 6 heteroatoms. The lowest BCUT2D eigenvalue weighted by Crippen LogP contribution is -2.40. The lowest BCUT2D eigenvalue weighted by atomic mass is 9.84. The van der Waals surface area contributed by atoms with E-state index in [0.29, 0.717) is 11.3 Å². The summed E-state index contributed by atoms with van der Waals surface area (Å²) in [7, 11) is -3.54. The largest absolute Gasteiger partial charge is 0.264 e. The molecule has 2 bridgehead atoms. The summed E-state index contributed by atoms with van der Waals surface area (Å²) in [5.74, 6) is 0. The number of hydrogen-bond acceptors (Lipinski definition) is 3. The van der Waals surface area contributed by atoms with E-state index in [0.717, 1.165) is 24.0 Å². The molecule has 24 heavy (non-hydrogen) atoms. The molecular weight excluding hydrogens is 344 g/mol. The third-order valence-electron chi connectivity index (χ3n) is 5.24. The van der Waals surface area contributed by atoms with E-state index in [4.69, 9.17) is 11.6 Å². The van der Waals surface area contributed by atoms with E-state index in [1.54, 1.807) is 28.8 Å². The zero-order valence-corrected chi connectivity index (χ0v) is 15.0. The smallest absolute Gasteiger partial charge is 0.243 e. The van der Waals surface area contributed by atoms with Crippen LogP contribution in [0.2, 0.25) is 0 Å². The molecular formula is C18H19ClN2O2S. The molecule has 0 aliphatic carbocycles. The van der Waals surface area contributed by atoms with Gasteiger partial charge in [0.25, 0.3) is 0 Å². The highest BCUT2D eigenvalue weighted by Crippen LogP contribution is 2.55. The summed E-state index contributed by atoms with van der Waals surface area (Å²) in [4.78, 5) is 3.82. The van der Waals surface area contributed by atoms with E-state index in [1.165, 1.54) is 0 Å². The molecule has 0 N–H and O–H groups in total. The number of nitrogens with zero attached hydrogens (tertiary/aromatic N) is 2. The van der Waals surface area contributed by atoms with Crippen molar-refractivity contribution in [1.29, 1.82) is 0 Å². The SMILES string of the molecule is Cc1ccc(S(=O)(=O)N2[C@H]3CC[C@@H]2[C@](Cl)(c2cccnc2)C3)cc1. The van der Waals surface area contributed by atoms with Crippen molar-refractivity contribution in [3.05, 3.63) is 59.9 Å². The molecule has 0 unspecified atom stereocenters. The van der Waals surface area contributed by atoms with Gasteiger partial charge in [-0.25, -0.2) is 8.42 Å². The summed E-state index contributed by atoms with van der Waals surface area (Å²) in [5.41, 5.74) is 1.95. The van der Waals surface area contributed by atoms with E-state index in [-0.39, 0.29) is 12.1 Å². The number of alkyl halides is 1. The van der Waals surface area contributed by atoms with Crippen LogP contribution in [0.5, 0.6) is 0 Å². The van der Waals surface area contributed by atoms with Crippen LogP contribution in [0.3, 0.4) is 0 Å². The Morgan fingerprint density at radius 3 is 2.62 bits per heavy atom. The Morgan fingerprint density at radius 2 is 1.96 bits per heavy atom. The number of sulfonamides is 1. The first-order valence-electron chi connectivity index (χ1n) is 8.12. The van der Waals surface area contributed by atoms with Crippen LogP contribution in [0.25, 0.3) is 0 Å². The first-order valence-corrected chi connectivity index (χ1v) is 9.94. The maximum Gasteiger partial charge on any atom is 0.243 e. The minimum absolute atomic E-state index is 0.0426. The maximum absolute atomic E-state index is 13.2. The van der Waals surface area contributed by atoms with Crippen molar-refractivity contribution in [2.75, 3.05) is 0 Å². The fraction of sp³-hybridized carbons (Fsp3) is 0.389. The number of pyridine rings is 1. The predicted molar refractivity (Wildman–Crippen MR) is 93.4 cm³/mol. The molecule has 0 radical (unpaired) electrons. The molecule has 0 amide bonds. The fourth-order valence-electron chi connectivity index (χ4n) is 4.08. The second kappa shape index (κ2) is 5.55. The number of halogens is 1. The lowest BCUT2D eigenvalue weighted by molar-refractivity contribution is 0.376. The van der Waals surface area contributed by atoms with Crippen LogP contribution in [0, 0.1) is 6.92 Å². The number of aromatic nitrogens is 1. The molecule has 0 saturated carbocycles. The standard InChI is InChI=1S/C18H19ClN2O2S/c1-13-4-7-16(8-5-13)24(22,23)21-15-6-9-17(21)18(19,11-15)14-3-2-10-20-12-14/h2-5,7-8,10,12,15,17H,6,9,11H2,1H3/t15-,17+,18+/m0/s1. The van der Waals surface area contributed by atoms with Crippen molar-refractivity contribution in [3.63, 3.8) is 0 Å². The third-order valence-corrected chi connectivity index (χ3v) is 7.84. The number of benzene rings is 1. The molecule has 4 nitrogen and oxygen atoms in total. The second-order valence-electron chi connectivity index (χ2n) is 6.70. The van der Waals surface area contributed by atoms with E-state index in [2.05, 4.69) is 4.98 Å². The average Bonchev–Trinajstić information content (AvgIpc) is 3.13. The van der Waals surface area contributed by atoms with Gasteiger partial charge in [-0.05, 0) is 49.9 Å². The first kappa shape index (κ1) is 16.1. The van der Waals surface area contributed by atoms with Gasteiger partial charge in [-0.3, -0.25) is 4.98 Å². The van der Waals surface area contributed by atoms with Crippen LogP contribution in [0.4, 0.5) is 0 Å². The first-order chi connectivity index (χ1) is 11.4. The minimum atomic E-state index is -3.54. The number of rotatable bonds is 3. The van der Waals surface area contributed by atoms with Crippen molar-refractivity contribution in [2.24, 2.45) is 0 Å². The van der Waals surface area contributed by atoms with Gasteiger partial charge in [0.1, 0.15) is 0 Å². The van der Waals surface area contributed by atoms with E-state index < -0.39 is 14.9 Å². The summed E-state index contributed by atoms with van der Waals surface area (Å²) in [6.07, 6.45) is 5.75. The van der Waals surface area contributed by atoms with Crippen LogP contribution in [0.15, 0.2) is 53.7 Å². The van der Waals surface area contributed by atoms with Crippen LogP contribution in [-0.4, -0.2) is 29.8 Å². The van der Waals surface area contributed by atoms with Gasteiger partial charge in [0.2, 0.25) is 10.0 Å². The molecule has 3 heterocycles. The number of aryl methyl sites for hydroxylation is 1. The quantitative estimate of drug-likeness (QED) is 0.786. The summed E-state index contributed by atoms with van der Waals surface area (Å²) in [6.45, 7) is 1.95. The highest BCUT2D eigenvalue weighted by Gasteiger charge is 2.60. The lowest BCUT2D eigenvalue weighted by Gasteiger charge is -2.31. The summed E-state index contributed by atoms with van der Waals surface area (Å²) < 4.78 is 28.0. The Balaban J connectivity index is 1.74. The van der Waals surface area contributed by atoms with Crippen LogP contribution >= 0.6 is 11.6 Å². The van der Waals surface area contributed by atoms with Gasteiger partial charge in [-0.15, -0.1) is 11.6 Å². The van der Waals surface area contributed by atoms with Crippen LogP contribution in [0.1, 0.15) is 30.4 Å². The van der Waals surface area contributed by atoms with Gasteiger partial charge in [0.15, 0.2) is 0 Å². The molecule has 4 rings (SSSR count). The third kappa shape index (κ3) is 2.30. The van der Waals surface area contributed by atoms with Gasteiger partial charge in [0.05, 0.1) is 9.77 Å². The monoisotopic (exact) mass is 362 g/mol. The second-order valence-corrected chi connectivity index (χ2v) is 9.22. The average molecular weight is 363 g/mol. The van der Waals surface area contributed by atoms with E-state index in [1.807, 2.05) is 31.2 Å². The molecule has 2 saturated heterocycles. The molecule has 2 aliphatic heterocycles.